The Kier molecular flexibility index (Phi) is 5.83. The molecular weight excluding hydrogens is 462 g/mol. The van der Waals surface area contributed by atoms with Gasteiger partial charge in [-0.25, -0.2) is 4.98 Å². The van der Waals surface area contributed by atoms with Gasteiger partial charge in [0, 0.05) is 27.6 Å². The number of hydrogen-bond acceptors (Lipinski definition) is 4. The van der Waals surface area contributed by atoms with Crippen molar-refractivity contribution < 1.29 is 4.79 Å². The number of thiophene rings is 1. The number of fused-ring (bicyclic) bond motifs is 1. The van der Waals surface area contributed by atoms with Gasteiger partial charge in [-0.05, 0) is 49.2 Å². The summed E-state index contributed by atoms with van der Waals surface area (Å²) in [6.45, 7) is 4.38. The van der Waals surface area contributed by atoms with Crippen molar-refractivity contribution in [3.05, 3.63) is 80.6 Å². The highest BCUT2D eigenvalue weighted by molar-refractivity contribution is 9.10. The van der Waals surface area contributed by atoms with Crippen LogP contribution in [0, 0.1) is 6.92 Å². The summed E-state index contributed by atoms with van der Waals surface area (Å²) in [5.74, 6) is -0.147. The van der Waals surface area contributed by atoms with Crippen molar-refractivity contribution in [2.45, 2.75) is 20.4 Å². The summed E-state index contributed by atoms with van der Waals surface area (Å²) in [4.78, 5) is 33.0. The first-order valence-corrected chi connectivity index (χ1v) is 11.2. The van der Waals surface area contributed by atoms with Gasteiger partial charge < -0.3 is 4.90 Å². The SMILES string of the molecule is CCN(C(=O)Cn1cnc2scc(-c3ccc(Br)cc3)c2c1=O)c1cccc(C)c1. The van der Waals surface area contributed by atoms with Crippen molar-refractivity contribution in [3.63, 3.8) is 0 Å². The number of halogens is 1. The van der Waals surface area contributed by atoms with Gasteiger partial charge in [-0.3, -0.25) is 14.2 Å². The molecule has 7 heteroatoms. The van der Waals surface area contributed by atoms with E-state index in [1.165, 1.54) is 22.2 Å². The lowest BCUT2D eigenvalue weighted by molar-refractivity contribution is -0.119. The molecule has 5 nitrogen and oxygen atoms in total. The van der Waals surface area contributed by atoms with E-state index < -0.39 is 0 Å². The second kappa shape index (κ2) is 8.53. The zero-order chi connectivity index (χ0) is 21.3. The number of carbonyl (C=O) groups is 1. The van der Waals surface area contributed by atoms with Crippen LogP contribution in [0.1, 0.15) is 12.5 Å². The smallest absolute Gasteiger partial charge is 0.263 e. The zero-order valence-electron chi connectivity index (χ0n) is 16.6. The molecule has 0 radical (unpaired) electrons. The second-order valence-corrected chi connectivity index (χ2v) is 8.76. The number of carbonyl (C=O) groups excluding carboxylic acids is 1. The van der Waals surface area contributed by atoms with Gasteiger partial charge in [0.15, 0.2) is 0 Å². The molecule has 1 amide bonds. The Bertz CT molecular complexity index is 1280. The topological polar surface area (TPSA) is 55.2 Å². The van der Waals surface area contributed by atoms with E-state index in [1.54, 1.807) is 4.90 Å². The summed E-state index contributed by atoms with van der Waals surface area (Å²) in [7, 11) is 0. The monoisotopic (exact) mass is 481 g/mol. The van der Waals surface area contributed by atoms with Gasteiger partial charge in [0.1, 0.15) is 11.4 Å². The Hall–Kier alpha value is -2.77. The molecule has 0 aliphatic rings. The molecule has 0 N–H and O–H groups in total. The molecule has 0 aliphatic heterocycles. The lowest BCUT2D eigenvalue weighted by atomic mass is 10.1. The number of hydrogen-bond donors (Lipinski definition) is 0. The predicted octanol–water partition coefficient (Wildman–Crippen LogP) is 5.25. The first-order valence-electron chi connectivity index (χ1n) is 9.57. The number of likely N-dealkylation sites (N-methyl/N-ethyl adjacent to an activating group) is 1. The maximum atomic E-state index is 13.2. The molecule has 2 aromatic carbocycles. The summed E-state index contributed by atoms with van der Waals surface area (Å²) in [5.41, 5.74) is 3.50. The highest BCUT2D eigenvalue weighted by Crippen LogP contribution is 2.31. The largest absolute Gasteiger partial charge is 0.311 e. The van der Waals surface area contributed by atoms with E-state index in [0.29, 0.717) is 16.8 Å². The molecule has 0 aliphatic carbocycles. The molecule has 4 aromatic rings. The average molecular weight is 482 g/mol. The Balaban J connectivity index is 1.70. The van der Waals surface area contributed by atoms with E-state index in [0.717, 1.165) is 26.9 Å². The summed E-state index contributed by atoms with van der Waals surface area (Å²) in [6, 6.07) is 15.6. The van der Waals surface area contributed by atoms with E-state index in [1.807, 2.05) is 67.8 Å². The van der Waals surface area contributed by atoms with Crippen molar-refractivity contribution in [2.24, 2.45) is 0 Å². The van der Waals surface area contributed by atoms with E-state index >= 15 is 0 Å². The van der Waals surface area contributed by atoms with Crippen molar-refractivity contribution in [1.29, 1.82) is 0 Å². The van der Waals surface area contributed by atoms with E-state index in [9.17, 15) is 9.59 Å². The second-order valence-electron chi connectivity index (χ2n) is 6.99. The van der Waals surface area contributed by atoms with Gasteiger partial charge >= 0.3 is 0 Å². The van der Waals surface area contributed by atoms with Gasteiger partial charge in [-0.2, -0.15) is 0 Å². The van der Waals surface area contributed by atoms with Crippen LogP contribution in [0.15, 0.2) is 69.5 Å². The first-order chi connectivity index (χ1) is 14.5. The molecule has 0 bridgehead atoms. The molecule has 0 saturated carbocycles. The van der Waals surface area contributed by atoms with Gasteiger partial charge in [0.25, 0.3) is 5.56 Å². The normalized spacial score (nSPS) is 11.0. The highest BCUT2D eigenvalue weighted by Gasteiger charge is 2.18. The molecule has 0 unspecified atom stereocenters. The Morgan fingerprint density at radius 1 is 1.20 bits per heavy atom. The van der Waals surface area contributed by atoms with Crippen LogP contribution < -0.4 is 10.5 Å². The van der Waals surface area contributed by atoms with Gasteiger partial charge in [-0.15, -0.1) is 11.3 Å². The number of nitrogens with zero attached hydrogens (tertiary/aromatic N) is 3. The van der Waals surface area contributed by atoms with Crippen molar-refractivity contribution in [1.82, 2.24) is 9.55 Å². The average Bonchev–Trinajstić information content (AvgIpc) is 3.16. The number of rotatable bonds is 5. The van der Waals surface area contributed by atoms with Crippen molar-refractivity contribution in [3.8, 4) is 11.1 Å². The molecule has 0 atom stereocenters. The number of benzene rings is 2. The number of aryl methyl sites for hydroxylation is 1. The molecule has 0 saturated heterocycles. The lowest BCUT2D eigenvalue weighted by Crippen LogP contribution is -2.36. The van der Waals surface area contributed by atoms with Crippen molar-refractivity contribution in [2.75, 3.05) is 11.4 Å². The van der Waals surface area contributed by atoms with Crippen molar-refractivity contribution >= 4 is 49.1 Å². The minimum atomic E-state index is -0.201. The maximum absolute atomic E-state index is 13.2. The third kappa shape index (κ3) is 3.95. The Morgan fingerprint density at radius 3 is 2.67 bits per heavy atom. The van der Waals surface area contributed by atoms with Crippen LogP contribution in [0.2, 0.25) is 0 Å². The van der Waals surface area contributed by atoms with Gasteiger partial charge in [0.05, 0.1) is 11.7 Å². The van der Waals surface area contributed by atoms with Crippen LogP contribution in [0.25, 0.3) is 21.3 Å². The van der Waals surface area contributed by atoms with Crippen LogP contribution in [0.4, 0.5) is 5.69 Å². The number of anilines is 1. The zero-order valence-corrected chi connectivity index (χ0v) is 19.0. The lowest BCUT2D eigenvalue weighted by Gasteiger charge is -2.22. The molecule has 30 heavy (non-hydrogen) atoms. The van der Waals surface area contributed by atoms with Crippen LogP contribution in [-0.2, 0) is 11.3 Å². The van der Waals surface area contributed by atoms with E-state index in [2.05, 4.69) is 20.9 Å². The molecule has 4 rings (SSSR count). The predicted molar refractivity (Wildman–Crippen MR) is 126 cm³/mol. The third-order valence-corrected chi connectivity index (χ3v) is 6.37. The van der Waals surface area contributed by atoms with Gasteiger partial charge in [0.2, 0.25) is 5.91 Å². The standard InChI is InChI=1S/C23H20BrN3O2S/c1-3-27(18-6-4-5-15(2)11-18)20(28)12-26-14-25-22-21(23(26)29)19(13-30-22)16-7-9-17(24)10-8-16/h4-11,13-14H,3,12H2,1-2H3. The summed E-state index contributed by atoms with van der Waals surface area (Å²) < 4.78 is 2.38. The van der Waals surface area contributed by atoms with E-state index in [-0.39, 0.29) is 18.0 Å². The number of aromatic nitrogens is 2. The molecule has 0 fully saturated rings. The molecule has 0 spiro atoms. The molecule has 2 heterocycles. The van der Waals surface area contributed by atoms with Crippen LogP contribution in [-0.4, -0.2) is 22.0 Å². The fourth-order valence-electron chi connectivity index (χ4n) is 3.45. The fraction of sp³-hybridized carbons (Fsp3) is 0.174. The molecular formula is C23H20BrN3O2S. The minimum Gasteiger partial charge on any atom is -0.311 e. The van der Waals surface area contributed by atoms with Crippen LogP contribution in [0.3, 0.4) is 0 Å². The number of amides is 1. The van der Waals surface area contributed by atoms with Crippen LogP contribution in [0.5, 0.6) is 0 Å². The third-order valence-electron chi connectivity index (χ3n) is 4.95. The first kappa shape index (κ1) is 20.5. The maximum Gasteiger partial charge on any atom is 0.263 e. The minimum absolute atomic E-state index is 0.0564. The molecule has 152 valence electrons. The Morgan fingerprint density at radius 2 is 1.97 bits per heavy atom. The summed E-state index contributed by atoms with van der Waals surface area (Å²) in [5, 5.41) is 2.50. The summed E-state index contributed by atoms with van der Waals surface area (Å²) >= 11 is 4.87. The summed E-state index contributed by atoms with van der Waals surface area (Å²) in [6.07, 6.45) is 1.47. The Labute approximate surface area is 186 Å². The van der Waals surface area contributed by atoms with Crippen LogP contribution >= 0.6 is 27.3 Å². The van der Waals surface area contributed by atoms with E-state index in [4.69, 9.17) is 0 Å². The highest BCUT2D eigenvalue weighted by atomic mass is 79.9. The molecule has 2 aromatic heterocycles. The quantitative estimate of drug-likeness (QED) is 0.391. The fourth-order valence-corrected chi connectivity index (χ4v) is 4.62. The van der Waals surface area contributed by atoms with Gasteiger partial charge in [-0.1, -0.05) is 40.2 Å².